The summed E-state index contributed by atoms with van der Waals surface area (Å²) in [7, 11) is 0. The van der Waals surface area contributed by atoms with Crippen molar-refractivity contribution in [3.05, 3.63) is 0 Å². The molecule has 0 spiro atoms. The number of halogens is 1. The number of hydrogen-bond acceptors (Lipinski definition) is 1. The zero-order valence-corrected chi connectivity index (χ0v) is 11.4. The molecule has 0 heterocycles. The zero-order chi connectivity index (χ0) is 11.7. The Labute approximate surface area is 101 Å². The minimum atomic E-state index is -0.693. The predicted octanol–water partition coefficient (Wildman–Crippen LogP) is 3.83. The summed E-state index contributed by atoms with van der Waals surface area (Å²) in [5.41, 5.74) is 0.359. The Morgan fingerprint density at radius 3 is 2.20 bits per heavy atom. The Kier molecular flexibility index (Phi) is 3.85. The topological polar surface area (TPSA) is 37.3 Å². The molecular formula is C12H21BrO2. The molecule has 1 rings (SSSR count). The standard InChI is InChI=1S/C12H21BrO2/c1-11(2,3)9-4-6-12(13,7-5-9)8-10(14)15/h9H,4-8H2,1-3H3,(H,14,15). The minimum absolute atomic E-state index is 0.138. The highest BCUT2D eigenvalue weighted by Crippen LogP contribution is 2.46. The van der Waals surface area contributed by atoms with E-state index in [1.807, 2.05) is 0 Å². The quantitative estimate of drug-likeness (QED) is 0.779. The molecule has 0 amide bonds. The highest BCUT2D eigenvalue weighted by atomic mass is 79.9. The van der Waals surface area contributed by atoms with E-state index in [9.17, 15) is 4.79 Å². The van der Waals surface area contributed by atoms with E-state index in [2.05, 4.69) is 36.7 Å². The molecule has 0 radical (unpaired) electrons. The first-order valence-corrected chi connectivity index (χ1v) is 6.43. The largest absolute Gasteiger partial charge is 0.481 e. The number of hydrogen-bond donors (Lipinski definition) is 1. The van der Waals surface area contributed by atoms with Crippen LogP contribution in [-0.4, -0.2) is 15.4 Å². The van der Waals surface area contributed by atoms with Crippen LogP contribution >= 0.6 is 15.9 Å². The lowest BCUT2D eigenvalue weighted by Gasteiger charge is -2.40. The summed E-state index contributed by atoms with van der Waals surface area (Å²) in [6, 6.07) is 0. The first-order chi connectivity index (χ1) is 6.73. The molecule has 88 valence electrons. The van der Waals surface area contributed by atoms with Gasteiger partial charge < -0.3 is 5.11 Å². The summed E-state index contributed by atoms with van der Waals surface area (Å²) >= 11 is 3.61. The van der Waals surface area contributed by atoms with Gasteiger partial charge in [-0.3, -0.25) is 4.79 Å². The van der Waals surface area contributed by atoms with Crippen molar-refractivity contribution in [2.45, 2.75) is 57.2 Å². The Hall–Kier alpha value is -0.0500. The summed E-state index contributed by atoms with van der Waals surface area (Å²) in [4.78, 5) is 10.7. The second kappa shape index (κ2) is 4.44. The van der Waals surface area contributed by atoms with Gasteiger partial charge >= 0.3 is 5.97 Å². The van der Waals surface area contributed by atoms with E-state index in [0.717, 1.165) is 31.6 Å². The number of rotatable bonds is 2. The highest BCUT2D eigenvalue weighted by Gasteiger charge is 2.38. The lowest BCUT2D eigenvalue weighted by molar-refractivity contribution is -0.137. The second-order valence-electron chi connectivity index (χ2n) is 5.86. The van der Waals surface area contributed by atoms with Crippen LogP contribution in [0.15, 0.2) is 0 Å². The van der Waals surface area contributed by atoms with E-state index in [1.165, 1.54) is 0 Å². The van der Waals surface area contributed by atoms with Crippen LogP contribution in [0.1, 0.15) is 52.9 Å². The molecule has 1 aliphatic rings. The number of carbonyl (C=O) groups is 1. The fourth-order valence-electron chi connectivity index (χ4n) is 2.45. The molecule has 0 atom stereocenters. The summed E-state index contributed by atoms with van der Waals surface area (Å²) in [5, 5.41) is 8.83. The van der Waals surface area contributed by atoms with Gasteiger partial charge in [-0.05, 0) is 37.0 Å². The van der Waals surface area contributed by atoms with Crippen molar-refractivity contribution < 1.29 is 9.90 Å². The molecule has 0 unspecified atom stereocenters. The van der Waals surface area contributed by atoms with E-state index in [1.54, 1.807) is 0 Å². The zero-order valence-electron chi connectivity index (χ0n) is 9.85. The van der Waals surface area contributed by atoms with E-state index < -0.39 is 5.97 Å². The van der Waals surface area contributed by atoms with Crippen LogP contribution in [0.5, 0.6) is 0 Å². The highest BCUT2D eigenvalue weighted by molar-refractivity contribution is 9.10. The van der Waals surface area contributed by atoms with Crippen molar-refractivity contribution in [2.24, 2.45) is 11.3 Å². The van der Waals surface area contributed by atoms with Crippen LogP contribution in [0, 0.1) is 11.3 Å². The van der Waals surface area contributed by atoms with Crippen molar-refractivity contribution in [1.82, 2.24) is 0 Å². The van der Waals surface area contributed by atoms with Crippen LogP contribution in [-0.2, 0) is 4.79 Å². The van der Waals surface area contributed by atoms with E-state index in [-0.39, 0.29) is 10.7 Å². The van der Waals surface area contributed by atoms with Gasteiger partial charge in [0.1, 0.15) is 0 Å². The molecular weight excluding hydrogens is 256 g/mol. The van der Waals surface area contributed by atoms with Gasteiger partial charge in [-0.2, -0.15) is 0 Å². The maximum Gasteiger partial charge on any atom is 0.304 e. The van der Waals surface area contributed by atoms with Crippen molar-refractivity contribution in [3.8, 4) is 0 Å². The Morgan fingerprint density at radius 2 is 1.87 bits per heavy atom. The minimum Gasteiger partial charge on any atom is -0.481 e. The molecule has 1 N–H and O–H groups in total. The van der Waals surface area contributed by atoms with Gasteiger partial charge in [0.05, 0.1) is 6.42 Å². The van der Waals surface area contributed by atoms with Crippen LogP contribution in [0.25, 0.3) is 0 Å². The van der Waals surface area contributed by atoms with Gasteiger partial charge in [-0.1, -0.05) is 36.7 Å². The van der Waals surface area contributed by atoms with Crippen LogP contribution in [0.4, 0.5) is 0 Å². The maximum absolute atomic E-state index is 10.7. The lowest BCUT2D eigenvalue weighted by atomic mass is 9.69. The fraction of sp³-hybridized carbons (Fsp3) is 0.917. The van der Waals surface area contributed by atoms with Gasteiger partial charge in [0.2, 0.25) is 0 Å². The van der Waals surface area contributed by atoms with Crippen molar-refractivity contribution >= 4 is 21.9 Å². The maximum atomic E-state index is 10.7. The normalized spacial score (nSPS) is 32.7. The molecule has 3 heteroatoms. The lowest BCUT2D eigenvalue weighted by Crippen LogP contribution is -2.34. The Bertz CT molecular complexity index is 234. The number of alkyl halides is 1. The molecule has 15 heavy (non-hydrogen) atoms. The van der Waals surface area contributed by atoms with E-state index in [4.69, 9.17) is 5.11 Å². The van der Waals surface area contributed by atoms with Crippen LogP contribution in [0.3, 0.4) is 0 Å². The molecule has 1 fully saturated rings. The first-order valence-electron chi connectivity index (χ1n) is 5.64. The number of carboxylic acid groups (broad SMARTS) is 1. The third-order valence-electron chi connectivity index (χ3n) is 3.57. The third-order valence-corrected chi connectivity index (χ3v) is 4.65. The fourth-order valence-corrected chi connectivity index (χ4v) is 3.15. The Balaban J connectivity index is 2.51. The van der Waals surface area contributed by atoms with Gasteiger partial charge in [0.25, 0.3) is 0 Å². The predicted molar refractivity (Wildman–Crippen MR) is 65.3 cm³/mol. The average molecular weight is 277 g/mol. The number of aliphatic carboxylic acids is 1. The molecule has 0 saturated heterocycles. The third kappa shape index (κ3) is 3.78. The van der Waals surface area contributed by atoms with Gasteiger partial charge in [-0.15, -0.1) is 0 Å². The molecule has 1 saturated carbocycles. The monoisotopic (exact) mass is 276 g/mol. The van der Waals surface area contributed by atoms with E-state index in [0.29, 0.717) is 5.41 Å². The summed E-state index contributed by atoms with van der Waals surface area (Å²) in [5.74, 6) is 0.0399. The van der Waals surface area contributed by atoms with Gasteiger partial charge in [-0.25, -0.2) is 0 Å². The van der Waals surface area contributed by atoms with Crippen molar-refractivity contribution in [1.29, 1.82) is 0 Å². The van der Waals surface area contributed by atoms with Crippen molar-refractivity contribution in [3.63, 3.8) is 0 Å². The van der Waals surface area contributed by atoms with E-state index >= 15 is 0 Å². The average Bonchev–Trinajstić information content (AvgIpc) is 2.00. The molecule has 0 aromatic rings. The molecule has 1 aliphatic carbocycles. The Morgan fingerprint density at radius 1 is 1.40 bits per heavy atom. The second-order valence-corrected chi connectivity index (χ2v) is 7.54. The van der Waals surface area contributed by atoms with Gasteiger partial charge in [0, 0.05) is 4.32 Å². The first kappa shape index (κ1) is 13.0. The van der Waals surface area contributed by atoms with Gasteiger partial charge in [0.15, 0.2) is 0 Å². The van der Waals surface area contributed by atoms with Crippen LogP contribution < -0.4 is 0 Å². The molecule has 0 aliphatic heterocycles. The molecule has 2 nitrogen and oxygen atoms in total. The summed E-state index contributed by atoms with van der Waals surface area (Å²) < 4.78 is -0.138. The van der Waals surface area contributed by atoms with Crippen molar-refractivity contribution in [2.75, 3.05) is 0 Å². The smallest absolute Gasteiger partial charge is 0.304 e. The molecule has 0 aromatic heterocycles. The SMILES string of the molecule is CC(C)(C)C1CCC(Br)(CC(=O)O)CC1. The number of carboxylic acids is 1. The summed E-state index contributed by atoms with van der Waals surface area (Å²) in [6.45, 7) is 6.82. The molecule has 0 bridgehead atoms. The van der Waals surface area contributed by atoms with Crippen LogP contribution in [0.2, 0.25) is 0 Å². The summed E-state index contributed by atoms with van der Waals surface area (Å²) in [6.07, 6.45) is 4.51. The molecule has 0 aromatic carbocycles.